The lowest BCUT2D eigenvalue weighted by molar-refractivity contribution is 0.178. The van der Waals surface area contributed by atoms with E-state index in [9.17, 15) is 9.18 Å². The highest BCUT2D eigenvalue weighted by atomic mass is 19.1. The molecule has 0 unspecified atom stereocenters. The number of benzene rings is 1. The summed E-state index contributed by atoms with van der Waals surface area (Å²) in [6.45, 7) is 0. The minimum absolute atomic E-state index is 0.0140. The molecule has 2 aliphatic rings. The standard InChI is InChI=1S/C22H19FN4O2/c23-21-18-12-15-7-8-19(17(18)10-11-24-21)27(15)22(28)26-14-6-9-20(25-13-14)29-16-4-2-1-3-5-16/h1-6,9-11,13,15,19H,7-8,12H2,(H,26,28)/t15-,19+/m0/s1. The molecule has 5 rings (SSSR count). The summed E-state index contributed by atoms with van der Waals surface area (Å²) >= 11 is 0. The van der Waals surface area contributed by atoms with Crippen LogP contribution in [0, 0.1) is 5.95 Å². The largest absolute Gasteiger partial charge is 0.439 e. The van der Waals surface area contributed by atoms with Crippen molar-refractivity contribution in [3.05, 3.63) is 78.0 Å². The Balaban J connectivity index is 1.30. The van der Waals surface area contributed by atoms with Crippen molar-refractivity contribution in [2.24, 2.45) is 0 Å². The van der Waals surface area contributed by atoms with Crippen molar-refractivity contribution in [3.8, 4) is 11.6 Å². The van der Waals surface area contributed by atoms with Gasteiger partial charge < -0.3 is 15.0 Å². The number of urea groups is 1. The molecular formula is C22H19FN4O2. The van der Waals surface area contributed by atoms with Gasteiger partial charge in [-0.05, 0) is 49.1 Å². The Morgan fingerprint density at radius 2 is 1.97 bits per heavy atom. The van der Waals surface area contributed by atoms with Gasteiger partial charge in [0.15, 0.2) is 0 Å². The smallest absolute Gasteiger partial charge is 0.322 e. The SMILES string of the molecule is O=C(Nc1ccc(Oc2ccccc2)nc1)N1[C@H]2CC[C@@H]1c1ccnc(F)c1C2. The minimum Gasteiger partial charge on any atom is -0.439 e. The molecule has 1 aromatic carbocycles. The van der Waals surface area contributed by atoms with Crippen molar-refractivity contribution in [1.82, 2.24) is 14.9 Å². The fraction of sp³-hybridized carbons (Fsp3) is 0.227. The Hall–Kier alpha value is -3.48. The third-order valence-corrected chi connectivity index (χ3v) is 5.53. The lowest BCUT2D eigenvalue weighted by Crippen LogP contribution is -2.44. The average Bonchev–Trinajstić information content (AvgIpc) is 3.06. The normalized spacial score (nSPS) is 19.6. The topological polar surface area (TPSA) is 67.3 Å². The minimum atomic E-state index is -0.419. The first-order valence-electron chi connectivity index (χ1n) is 9.60. The van der Waals surface area contributed by atoms with Gasteiger partial charge in [0.1, 0.15) is 5.75 Å². The van der Waals surface area contributed by atoms with Crippen LogP contribution in [0.5, 0.6) is 11.6 Å². The van der Waals surface area contributed by atoms with E-state index >= 15 is 0 Å². The predicted molar refractivity (Wildman–Crippen MR) is 105 cm³/mol. The second kappa shape index (κ2) is 7.16. The number of hydrogen-bond donors (Lipinski definition) is 1. The van der Waals surface area contributed by atoms with E-state index in [1.54, 1.807) is 18.3 Å². The molecule has 3 aromatic rings. The number of pyridine rings is 2. The number of aromatic nitrogens is 2. The van der Waals surface area contributed by atoms with Crippen molar-refractivity contribution < 1.29 is 13.9 Å². The molecular weight excluding hydrogens is 371 g/mol. The van der Waals surface area contributed by atoms with Gasteiger partial charge in [-0.25, -0.2) is 14.8 Å². The van der Waals surface area contributed by atoms with Crippen LogP contribution in [0.2, 0.25) is 0 Å². The zero-order valence-corrected chi connectivity index (χ0v) is 15.6. The first kappa shape index (κ1) is 17.6. The summed E-state index contributed by atoms with van der Waals surface area (Å²) in [5, 5.41) is 2.91. The summed E-state index contributed by atoms with van der Waals surface area (Å²) in [6, 6.07) is 14.3. The number of rotatable bonds is 3. The monoisotopic (exact) mass is 390 g/mol. The molecule has 0 spiro atoms. The van der Waals surface area contributed by atoms with Gasteiger partial charge in [0, 0.05) is 23.9 Å². The summed E-state index contributed by atoms with van der Waals surface area (Å²) in [5.74, 6) is 0.726. The summed E-state index contributed by atoms with van der Waals surface area (Å²) < 4.78 is 19.7. The highest BCUT2D eigenvalue weighted by Crippen LogP contribution is 2.44. The molecule has 7 heteroatoms. The van der Waals surface area contributed by atoms with Crippen LogP contribution in [0.15, 0.2) is 60.9 Å². The van der Waals surface area contributed by atoms with Crippen LogP contribution in [0.1, 0.15) is 30.0 Å². The lowest BCUT2D eigenvalue weighted by atomic mass is 9.95. The molecule has 2 bridgehead atoms. The molecule has 1 saturated heterocycles. The number of nitrogens with one attached hydrogen (secondary N) is 1. The predicted octanol–water partition coefficient (Wildman–Crippen LogP) is 4.70. The van der Waals surface area contributed by atoms with Gasteiger partial charge in [-0.3, -0.25) is 0 Å². The molecule has 0 saturated carbocycles. The molecule has 6 nitrogen and oxygen atoms in total. The van der Waals surface area contributed by atoms with Crippen molar-refractivity contribution in [1.29, 1.82) is 0 Å². The number of hydrogen-bond acceptors (Lipinski definition) is 4. The zero-order valence-electron chi connectivity index (χ0n) is 15.6. The molecule has 0 radical (unpaired) electrons. The van der Waals surface area contributed by atoms with E-state index in [4.69, 9.17) is 4.74 Å². The van der Waals surface area contributed by atoms with E-state index in [1.165, 1.54) is 6.20 Å². The molecule has 146 valence electrons. The second-order valence-electron chi connectivity index (χ2n) is 7.26. The van der Waals surface area contributed by atoms with E-state index in [0.717, 1.165) is 18.4 Å². The van der Waals surface area contributed by atoms with Crippen LogP contribution in [-0.2, 0) is 6.42 Å². The number of halogens is 1. The Kier molecular flexibility index (Phi) is 4.35. The van der Waals surface area contributed by atoms with Crippen LogP contribution in [0.25, 0.3) is 0 Å². The Morgan fingerprint density at radius 1 is 1.10 bits per heavy atom. The van der Waals surface area contributed by atoms with Crippen LogP contribution in [-0.4, -0.2) is 26.9 Å². The van der Waals surface area contributed by atoms with Crippen LogP contribution >= 0.6 is 0 Å². The molecule has 2 aliphatic heterocycles. The van der Waals surface area contributed by atoms with Crippen molar-refractivity contribution in [2.75, 3.05) is 5.32 Å². The van der Waals surface area contributed by atoms with Crippen molar-refractivity contribution >= 4 is 11.7 Å². The molecule has 2 amide bonds. The molecule has 1 fully saturated rings. The molecule has 0 aliphatic carbocycles. The Labute approximate surface area is 167 Å². The summed E-state index contributed by atoms with van der Waals surface area (Å²) in [4.78, 5) is 22.8. The quantitative estimate of drug-likeness (QED) is 0.658. The fourth-order valence-corrected chi connectivity index (χ4v) is 4.24. The van der Waals surface area contributed by atoms with Gasteiger partial charge >= 0.3 is 6.03 Å². The number of nitrogens with zero attached hydrogens (tertiary/aromatic N) is 3. The fourth-order valence-electron chi connectivity index (χ4n) is 4.24. The van der Waals surface area contributed by atoms with Gasteiger partial charge in [0.2, 0.25) is 11.8 Å². The number of carbonyl (C=O) groups is 1. The molecule has 29 heavy (non-hydrogen) atoms. The number of fused-ring (bicyclic) bond motifs is 4. The van der Waals surface area contributed by atoms with Gasteiger partial charge in [0.25, 0.3) is 0 Å². The van der Waals surface area contributed by atoms with Gasteiger partial charge in [0.05, 0.1) is 17.9 Å². The number of anilines is 1. The average molecular weight is 390 g/mol. The zero-order chi connectivity index (χ0) is 19.8. The third-order valence-electron chi connectivity index (χ3n) is 5.53. The maximum absolute atomic E-state index is 14.1. The highest BCUT2D eigenvalue weighted by molar-refractivity contribution is 5.90. The van der Waals surface area contributed by atoms with E-state index in [-0.39, 0.29) is 18.1 Å². The maximum atomic E-state index is 14.1. The third kappa shape index (κ3) is 3.29. The maximum Gasteiger partial charge on any atom is 0.322 e. The van der Waals surface area contributed by atoms with E-state index in [2.05, 4.69) is 15.3 Å². The Bertz CT molecular complexity index is 1040. The van der Waals surface area contributed by atoms with E-state index in [1.807, 2.05) is 41.3 Å². The Morgan fingerprint density at radius 3 is 2.76 bits per heavy atom. The van der Waals surface area contributed by atoms with Crippen molar-refractivity contribution in [3.63, 3.8) is 0 Å². The van der Waals surface area contributed by atoms with Gasteiger partial charge in [-0.15, -0.1) is 0 Å². The first-order chi connectivity index (χ1) is 14.2. The number of carbonyl (C=O) groups excluding carboxylic acids is 1. The van der Waals surface area contributed by atoms with Crippen LogP contribution < -0.4 is 10.1 Å². The van der Waals surface area contributed by atoms with E-state index in [0.29, 0.717) is 29.3 Å². The molecule has 4 heterocycles. The van der Waals surface area contributed by atoms with Gasteiger partial charge in [-0.2, -0.15) is 4.39 Å². The van der Waals surface area contributed by atoms with Crippen LogP contribution in [0.3, 0.4) is 0 Å². The number of amides is 2. The second-order valence-corrected chi connectivity index (χ2v) is 7.26. The summed E-state index contributed by atoms with van der Waals surface area (Å²) in [6.07, 6.45) is 5.23. The van der Waals surface area contributed by atoms with Gasteiger partial charge in [-0.1, -0.05) is 18.2 Å². The molecule has 2 atom stereocenters. The number of ether oxygens (including phenoxy) is 1. The molecule has 1 N–H and O–H groups in total. The molecule has 2 aromatic heterocycles. The summed E-state index contributed by atoms with van der Waals surface area (Å²) in [7, 11) is 0. The highest BCUT2D eigenvalue weighted by Gasteiger charge is 2.43. The first-order valence-corrected chi connectivity index (χ1v) is 9.60. The van der Waals surface area contributed by atoms with Crippen molar-refractivity contribution in [2.45, 2.75) is 31.3 Å². The lowest BCUT2D eigenvalue weighted by Gasteiger charge is -2.36. The van der Waals surface area contributed by atoms with E-state index < -0.39 is 5.95 Å². The summed E-state index contributed by atoms with van der Waals surface area (Å²) in [5.41, 5.74) is 2.10. The number of para-hydroxylation sites is 1. The van der Waals surface area contributed by atoms with Crippen LogP contribution in [0.4, 0.5) is 14.9 Å².